The highest BCUT2D eigenvalue weighted by Crippen LogP contribution is 2.35. The minimum atomic E-state index is -0.312. The molecule has 0 saturated carbocycles. The first-order valence-electron chi connectivity index (χ1n) is 7.01. The molecule has 2 aromatic rings. The van der Waals surface area contributed by atoms with Crippen LogP contribution in [0.5, 0.6) is 0 Å². The summed E-state index contributed by atoms with van der Waals surface area (Å²) in [6, 6.07) is 7.72. The van der Waals surface area contributed by atoms with Crippen LogP contribution in [0.1, 0.15) is 39.0 Å². The van der Waals surface area contributed by atoms with Crippen LogP contribution in [0.15, 0.2) is 28.7 Å². The second-order valence-electron chi connectivity index (χ2n) is 5.19. The summed E-state index contributed by atoms with van der Waals surface area (Å²) in [7, 11) is 1.74. The first-order valence-corrected chi connectivity index (χ1v) is 7.39. The molecule has 0 bridgehead atoms. The largest absolute Gasteiger partial charge is 0.459 e. The Morgan fingerprint density at radius 2 is 2.10 bits per heavy atom. The summed E-state index contributed by atoms with van der Waals surface area (Å²) in [5.41, 5.74) is 0.537. The van der Waals surface area contributed by atoms with Crippen molar-refractivity contribution in [2.45, 2.75) is 38.8 Å². The monoisotopic (exact) mass is 295 g/mol. The SMILES string of the molecule is CCNC(c1cc2cc(Cl)ccc2o1)C(C)(CC)OC. The van der Waals surface area contributed by atoms with Gasteiger partial charge in [0.2, 0.25) is 0 Å². The average Bonchev–Trinajstić information content (AvgIpc) is 2.86. The molecule has 0 saturated heterocycles. The Kier molecular flexibility index (Phi) is 4.74. The van der Waals surface area contributed by atoms with Gasteiger partial charge in [0, 0.05) is 17.5 Å². The van der Waals surface area contributed by atoms with E-state index in [4.69, 9.17) is 20.8 Å². The zero-order chi connectivity index (χ0) is 14.8. The lowest BCUT2D eigenvalue weighted by Crippen LogP contribution is -2.42. The number of nitrogens with one attached hydrogen (secondary N) is 1. The van der Waals surface area contributed by atoms with Crippen molar-refractivity contribution >= 4 is 22.6 Å². The molecule has 1 N–H and O–H groups in total. The number of hydrogen-bond acceptors (Lipinski definition) is 3. The van der Waals surface area contributed by atoms with Crippen molar-refractivity contribution in [1.29, 1.82) is 0 Å². The fraction of sp³-hybridized carbons (Fsp3) is 0.500. The highest BCUT2D eigenvalue weighted by Gasteiger charge is 2.35. The lowest BCUT2D eigenvalue weighted by Gasteiger charge is -2.35. The quantitative estimate of drug-likeness (QED) is 0.849. The van der Waals surface area contributed by atoms with E-state index in [9.17, 15) is 0 Å². The molecule has 2 atom stereocenters. The number of methoxy groups -OCH3 is 1. The lowest BCUT2D eigenvalue weighted by atomic mass is 9.91. The Labute approximate surface area is 125 Å². The Morgan fingerprint density at radius 3 is 2.70 bits per heavy atom. The van der Waals surface area contributed by atoms with Gasteiger partial charge in [0.05, 0.1) is 11.6 Å². The van der Waals surface area contributed by atoms with Gasteiger partial charge in [-0.2, -0.15) is 0 Å². The summed E-state index contributed by atoms with van der Waals surface area (Å²) in [4.78, 5) is 0. The smallest absolute Gasteiger partial charge is 0.134 e. The standard InChI is InChI=1S/C16H22ClNO2/c1-5-16(3,19-4)15(18-6-2)14-10-11-9-12(17)7-8-13(11)20-14/h7-10,15,18H,5-6H2,1-4H3. The molecular formula is C16H22ClNO2. The van der Waals surface area contributed by atoms with Crippen LogP contribution in [0, 0.1) is 0 Å². The van der Waals surface area contributed by atoms with Crippen LogP contribution < -0.4 is 5.32 Å². The zero-order valence-electron chi connectivity index (χ0n) is 12.5. The first-order chi connectivity index (χ1) is 9.54. The van der Waals surface area contributed by atoms with Gasteiger partial charge >= 0.3 is 0 Å². The third-order valence-electron chi connectivity index (χ3n) is 3.97. The topological polar surface area (TPSA) is 34.4 Å². The van der Waals surface area contributed by atoms with E-state index in [0.29, 0.717) is 0 Å². The highest BCUT2D eigenvalue weighted by atomic mass is 35.5. The average molecular weight is 296 g/mol. The van der Waals surface area contributed by atoms with Crippen LogP contribution in [0.2, 0.25) is 5.02 Å². The van der Waals surface area contributed by atoms with Crippen LogP contribution >= 0.6 is 11.6 Å². The van der Waals surface area contributed by atoms with E-state index in [1.807, 2.05) is 24.3 Å². The van der Waals surface area contributed by atoms with Crippen molar-refractivity contribution in [1.82, 2.24) is 5.32 Å². The molecule has 4 heteroatoms. The number of fused-ring (bicyclic) bond motifs is 1. The van der Waals surface area contributed by atoms with Gasteiger partial charge in [-0.1, -0.05) is 25.4 Å². The zero-order valence-corrected chi connectivity index (χ0v) is 13.3. The van der Waals surface area contributed by atoms with Gasteiger partial charge in [0.25, 0.3) is 0 Å². The molecule has 110 valence electrons. The van der Waals surface area contributed by atoms with Crippen LogP contribution in [-0.4, -0.2) is 19.3 Å². The molecule has 0 aliphatic heterocycles. The number of halogens is 1. The van der Waals surface area contributed by atoms with Gasteiger partial charge in [0.1, 0.15) is 11.3 Å². The summed E-state index contributed by atoms with van der Waals surface area (Å²) in [5.74, 6) is 0.885. The van der Waals surface area contributed by atoms with Crippen molar-refractivity contribution in [3.63, 3.8) is 0 Å². The summed E-state index contributed by atoms with van der Waals surface area (Å²) >= 11 is 6.03. The molecule has 0 radical (unpaired) electrons. The number of rotatable bonds is 6. The van der Waals surface area contributed by atoms with Gasteiger partial charge in [-0.3, -0.25) is 0 Å². The molecule has 1 heterocycles. The van der Waals surface area contributed by atoms with E-state index >= 15 is 0 Å². The van der Waals surface area contributed by atoms with Gasteiger partial charge in [-0.25, -0.2) is 0 Å². The van der Waals surface area contributed by atoms with Crippen LogP contribution in [-0.2, 0) is 4.74 Å². The number of hydrogen-bond donors (Lipinski definition) is 1. The third kappa shape index (κ3) is 2.85. The molecule has 20 heavy (non-hydrogen) atoms. The minimum absolute atomic E-state index is 0.00803. The van der Waals surface area contributed by atoms with E-state index < -0.39 is 0 Å². The maximum absolute atomic E-state index is 6.03. The van der Waals surface area contributed by atoms with E-state index in [0.717, 1.165) is 34.7 Å². The molecule has 1 aromatic heterocycles. The van der Waals surface area contributed by atoms with Gasteiger partial charge in [-0.05, 0) is 44.2 Å². The van der Waals surface area contributed by atoms with Crippen molar-refractivity contribution < 1.29 is 9.15 Å². The number of benzene rings is 1. The van der Waals surface area contributed by atoms with Crippen molar-refractivity contribution in [3.8, 4) is 0 Å². The number of likely N-dealkylation sites (N-methyl/N-ethyl adjacent to an activating group) is 1. The molecular weight excluding hydrogens is 274 g/mol. The normalized spacial score (nSPS) is 16.2. The summed E-state index contributed by atoms with van der Waals surface area (Å²) in [6.45, 7) is 7.15. The molecule has 0 spiro atoms. The van der Waals surface area contributed by atoms with Gasteiger partial charge in [-0.15, -0.1) is 0 Å². The van der Waals surface area contributed by atoms with Gasteiger partial charge < -0.3 is 14.5 Å². The Hall–Kier alpha value is -1.03. The van der Waals surface area contributed by atoms with Crippen molar-refractivity contribution in [2.75, 3.05) is 13.7 Å². The minimum Gasteiger partial charge on any atom is -0.459 e. The number of ether oxygens (including phenoxy) is 1. The lowest BCUT2D eigenvalue weighted by molar-refractivity contribution is -0.0346. The summed E-state index contributed by atoms with van der Waals surface area (Å²) in [6.07, 6.45) is 0.888. The Morgan fingerprint density at radius 1 is 1.35 bits per heavy atom. The van der Waals surface area contributed by atoms with Gasteiger partial charge in [0.15, 0.2) is 0 Å². The second-order valence-corrected chi connectivity index (χ2v) is 5.63. The predicted molar refractivity (Wildman–Crippen MR) is 83.3 cm³/mol. The van der Waals surface area contributed by atoms with E-state index in [1.54, 1.807) is 7.11 Å². The summed E-state index contributed by atoms with van der Waals surface area (Å²) < 4.78 is 11.7. The van der Waals surface area contributed by atoms with Crippen LogP contribution in [0.25, 0.3) is 11.0 Å². The van der Waals surface area contributed by atoms with Crippen molar-refractivity contribution in [3.05, 3.63) is 35.0 Å². The highest BCUT2D eigenvalue weighted by molar-refractivity contribution is 6.31. The maximum Gasteiger partial charge on any atom is 0.134 e. The maximum atomic E-state index is 6.03. The summed E-state index contributed by atoms with van der Waals surface area (Å²) in [5, 5.41) is 5.20. The third-order valence-corrected chi connectivity index (χ3v) is 4.20. The van der Waals surface area contributed by atoms with E-state index in [2.05, 4.69) is 26.1 Å². The van der Waals surface area contributed by atoms with Crippen molar-refractivity contribution in [2.24, 2.45) is 0 Å². The Bertz CT molecular complexity index is 575. The second kappa shape index (κ2) is 6.17. The molecule has 2 unspecified atom stereocenters. The van der Waals surface area contributed by atoms with Crippen LogP contribution in [0.4, 0.5) is 0 Å². The fourth-order valence-corrected chi connectivity index (χ4v) is 2.65. The molecule has 0 aliphatic rings. The molecule has 0 amide bonds. The molecule has 1 aromatic carbocycles. The molecule has 0 fully saturated rings. The van der Waals surface area contributed by atoms with E-state index in [-0.39, 0.29) is 11.6 Å². The van der Waals surface area contributed by atoms with Crippen LogP contribution in [0.3, 0.4) is 0 Å². The first kappa shape index (κ1) is 15.4. The molecule has 3 nitrogen and oxygen atoms in total. The van der Waals surface area contributed by atoms with E-state index in [1.165, 1.54) is 0 Å². The molecule has 2 rings (SSSR count). The number of furan rings is 1. The fourth-order valence-electron chi connectivity index (χ4n) is 2.46. The Balaban J connectivity index is 2.46. The predicted octanol–water partition coefficient (Wildman–Crippen LogP) is 4.55. The molecule has 0 aliphatic carbocycles.